The summed E-state index contributed by atoms with van der Waals surface area (Å²) < 4.78 is 0. The number of aromatic nitrogens is 3. The predicted molar refractivity (Wildman–Crippen MR) is 104 cm³/mol. The molecule has 0 aliphatic carbocycles. The monoisotopic (exact) mass is 361 g/mol. The van der Waals surface area contributed by atoms with Crippen molar-refractivity contribution in [3.63, 3.8) is 0 Å². The number of rotatable bonds is 2. The van der Waals surface area contributed by atoms with Gasteiger partial charge in [-0.25, -0.2) is 9.97 Å². The molecule has 138 valence electrons. The number of likely N-dealkylation sites (tertiary alicyclic amines) is 1. The van der Waals surface area contributed by atoms with Gasteiger partial charge < -0.3 is 15.2 Å². The number of hydrogen-bond acceptors (Lipinski definition) is 4. The van der Waals surface area contributed by atoms with Crippen LogP contribution >= 0.6 is 0 Å². The minimum Gasteiger partial charge on any atom is -0.337 e. The Balaban J connectivity index is 1.36. The number of fused-ring (bicyclic) bond motifs is 1. The largest absolute Gasteiger partial charge is 0.337 e. The number of benzene rings is 1. The zero-order valence-corrected chi connectivity index (χ0v) is 15.2. The van der Waals surface area contributed by atoms with Gasteiger partial charge >= 0.3 is 0 Å². The van der Waals surface area contributed by atoms with Crippen molar-refractivity contribution in [1.29, 1.82) is 0 Å². The topological polar surface area (TPSA) is 73.9 Å². The summed E-state index contributed by atoms with van der Waals surface area (Å²) in [5, 5.41) is 3.47. The molecule has 0 radical (unpaired) electrons. The summed E-state index contributed by atoms with van der Waals surface area (Å²) in [5.41, 5.74) is 3.47. The molecule has 2 aromatic heterocycles. The lowest BCUT2D eigenvalue weighted by Crippen LogP contribution is -2.44. The van der Waals surface area contributed by atoms with Crippen molar-refractivity contribution < 1.29 is 4.79 Å². The molecule has 1 aromatic carbocycles. The second-order valence-corrected chi connectivity index (χ2v) is 7.73. The van der Waals surface area contributed by atoms with E-state index in [-0.39, 0.29) is 5.91 Å². The average molecular weight is 361 g/mol. The molecule has 2 saturated heterocycles. The van der Waals surface area contributed by atoms with Gasteiger partial charge in [0, 0.05) is 19.6 Å². The molecular weight excluding hydrogens is 338 g/mol. The Morgan fingerprint density at radius 3 is 2.63 bits per heavy atom. The fourth-order valence-corrected chi connectivity index (χ4v) is 4.33. The molecule has 5 rings (SSSR count). The van der Waals surface area contributed by atoms with Crippen LogP contribution in [-0.4, -0.2) is 51.9 Å². The number of pyridine rings is 1. The quantitative estimate of drug-likeness (QED) is 0.736. The summed E-state index contributed by atoms with van der Waals surface area (Å²) in [6.07, 6.45) is 3.39. The van der Waals surface area contributed by atoms with Crippen LogP contribution in [0.3, 0.4) is 0 Å². The van der Waals surface area contributed by atoms with E-state index in [1.54, 1.807) is 6.07 Å². The molecule has 6 nitrogen and oxygen atoms in total. The molecule has 2 N–H and O–H groups in total. The van der Waals surface area contributed by atoms with Crippen LogP contribution in [0.1, 0.15) is 29.8 Å². The zero-order valence-electron chi connectivity index (χ0n) is 15.2. The van der Waals surface area contributed by atoms with Gasteiger partial charge in [0.15, 0.2) is 5.82 Å². The molecule has 1 amide bonds. The number of nitrogens with one attached hydrogen (secondary N) is 2. The maximum atomic E-state index is 13.0. The SMILES string of the molecule is O=C(c1cccc(-c2nc3ccccc3[nH]2)n1)N1CCC2(CCNC2)CC1. The first-order valence-electron chi connectivity index (χ1n) is 9.65. The summed E-state index contributed by atoms with van der Waals surface area (Å²) in [6, 6.07) is 13.5. The standard InChI is InChI=1S/C21H23N5O/c27-20(26-12-9-21(10-13-26)8-11-22-14-21)18-7-3-6-17(23-18)19-24-15-4-1-2-5-16(15)25-19/h1-7,22H,8-14H2,(H,24,25). The number of carbonyl (C=O) groups is 1. The Morgan fingerprint density at radius 1 is 1.00 bits per heavy atom. The maximum Gasteiger partial charge on any atom is 0.272 e. The van der Waals surface area contributed by atoms with Gasteiger partial charge in [-0.2, -0.15) is 0 Å². The minimum atomic E-state index is 0.0220. The number of piperidine rings is 1. The number of carbonyl (C=O) groups excluding carboxylic acids is 1. The fourth-order valence-electron chi connectivity index (χ4n) is 4.33. The molecule has 2 aliphatic rings. The van der Waals surface area contributed by atoms with Gasteiger partial charge in [0.1, 0.15) is 11.4 Å². The molecule has 0 saturated carbocycles. The van der Waals surface area contributed by atoms with Crippen molar-refractivity contribution in [2.45, 2.75) is 19.3 Å². The lowest BCUT2D eigenvalue weighted by Gasteiger charge is -2.38. The normalized spacial score (nSPS) is 19.0. The van der Waals surface area contributed by atoms with E-state index in [1.807, 2.05) is 41.3 Å². The number of H-pyrrole nitrogens is 1. The van der Waals surface area contributed by atoms with Crippen LogP contribution < -0.4 is 5.32 Å². The van der Waals surface area contributed by atoms with Crippen molar-refractivity contribution in [3.8, 4) is 11.5 Å². The number of hydrogen-bond donors (Lipinski definition) is 2. The fraction of sp³-hybridized carbons (Fsp3) is 0.381. The highest BCUT2D eigenvalue weighted by Crippen LogP contribution is 2.37. The van der Waals surface area contributed by atoms with Crippen molar-refractivity contribution in [2.24, 2.45) is 5.41 Å². The van der Waals surface area contributed by atoms with E-state index >= 15 is 0 Å². The van der Waals surface area contributed by atoms with Gasteiger partial charge in [0.25, 0.3) is 5.91 Å². The van der Waals surface area contributed by atoms with E-state index in [1.165, 1.54) is 6.42 Å². The number of amides is 1. The van der Waals surface area contributed by atoms with Crippen LogP contribution in [0.5, 0.6) is 0 Å². The molecule has 0 bridgehead atoms. The molecule has 27 heavy (non-hydrogen) atoms. The second kappa shape index (κ2) is 6.46. The zero-order chi connectivity index (χ0) is 18.3. The predicted octanol–water partition coefficient (Wildman–Crippen LogP) is 2.84. The third-order valence-electron chi connectivity index (χ3n) is 6.04. The third-order valence-corrected chi connectivity index (χ3v) is 6.04. The van der Waals surface area contributed by atoms with Crippen LogP contribution in [0.4, 0.5) is 0 Å². The highest BCUT2D eigenvalue weighted by molar-refractivity contribution is 5.93. The number of aromatic amines is 1. The molecule has 1 spiro atoms. The summed E-state index contributed by atoms with van der Waals surface area (Å²) in [5.74, 6) is 0.717. The van der Waals surface area contributed by atoms with E-state index in [9.17, 15) is 4.79 Å². The van der Waals surface area contributed by atoms with Crippen molar-refractivity contribution in [3.05, 3.63) is 48.2 Å². The number of imidazole rings is 1. The Kier molecular flexibility index (Phi) is 3.93. The van der Waals surface area contributed by atoms with Gasteiger partial charge in [-0.15, -0.1) is 0 Å². The molecule has 0 atom stereocenters. The Bertz CT molecular complexity index is 946. The van der Waals surface area contributed by atoms with Crippen LogP contribution in [0, 0.1) is 5.41 Å². The molecule has 2 aliphatic heterocycles. The van der Waals surface area contributed by atoms with Crippen molar-refractivity contribution in [2.75, 3.05) is 26.2 Å². The first-order valence-corrected chi connectivity index (χ1v) is 9.65. The summed E-state index contributed by atoms with van der Waals surface area (Å²) in [7, 11) is 0. The van der Waals surface area contributed by atoms with Crippen molar-refractivity contribution in [1.82, 2.24) is 25.2 Å². The molecule has 2 fully saturated rings. The van der Waals surface area contributed by atoms with Gasteiger partial charge in [-0.1, -0.05) is 18.2 Å². The van der Waals surface area contributed by atoms with Gasteiger partial charge in [0.05, 0.1) is 11.0 Å². The lowest BCUT2D eigenvalue weighted by molar-refractivity contribution is 0.0602. The smallest absolute Gasteiger partial charge is 0.272 e. The third kappa shape index (κ3) is 3.00. The Hall–Kier alpha value is -2.73. The van der Waals surface area contributed by atoms with E-state index < -0.39 is 0 Å². The van der Waals surface area contributed by atoms with E-state index in [2.05, 4.69) is 20.3 Å². The van der Waals surface area contributed by atoms with E-state index in [0.717, 1.165) is 50.1 Å². The molecule has 3 aromatic rings. The molecule has 6 heteroatoms. The highest BCUT2D eigenvalue weighted by Gasteiger charge is 2.38. The van der Waals surface area contributed by atoms with E-state index in [4.69, 9.17) is 0 Å². The summed E-state index contributed by atoms with van der Waals surface area (Å²) in [6.45, 7) is 3.83. The van der Waals surface area contributed by atoms with E-state index in [0.29, 0.717) is 22.6 Å². The van der Waals surface area contributed by atoms with Crippen LogP contribution in [0.25, 0.3) is 22.6 Å². The average Bonchev–Trinajstić information content (AvgIpc) is 3.35. The lowest BCUT2D eigenvalue weighted by atomic mass is 9.78. The molecule has 0 unspecified atom stereocenters. The van der Waals surface area contributed by atoms with Crippen molar-refractivity contribution >= 4 is 16.9 Å². The van der Waals surface area contributed by atoms with Gasteiger partial charge in [-0.05, 0) is 55.5 Å². The Labute approximate surface area is 158 Å². The first-order chi connectivity index (χ1) is 13.2. The molecular formula is C21H23N5O. The first kappa shape index (κ1) is 16.4. The van der Waals surface area contributed by atoms with Crippen LogP contribution in [-0.2, 0) is 0 Å². The Morgan fingerprint density at radius 2 is 1.85 bits per heavy atom. The minimum absolute atomic E-state index is 0.0220. The van der Waals surface area contributed by atoms with Gasteiger partial charge in [0.2, 0.25) is 0 Å². The highest BCUT2D eigenvalue weighted by atomic mass is 16.2. The van der Waals surface area contributed by atoms with Gasteiger partial charge in [-0.3, -0.25) is 4.79 Å². The molecule has 4 heterocycles. The second-order valence-electron chi connectivity index (χ2n) is 7.73. The number of para-hydroxylation sites is 2. The number of nitrogens with zero attached hydrogens (tertiary/aromatic N) is 3. The van der Waals surface area contributed by atoms with Crippen LogP contribution in [0.15, 0.2) is 42.5 Å². The maximum absolute atomic E-state index is 13.0. The summed E-state index contributed by atoms with van der Waals surface area (Å²) in [4.78, 5) is 27.4. The van der Waals surface area contributed by atoms with Crippen LogP contribution in [0.2, 0.25) is 0 Å². The summed E-state index contributed by atoms with van der Waals surface area (Å²) >= 11 is 0.